The molecule has 20 heavy (non-hydrogen) atoms. The van der Waals surface area contributed by atoms with Gasteiger partial charge in [0, 0.05) is 31.3 Å². The summed E-state index contributed by atoms with van der Waals surface area (Å²) in [5.74, 6) is 0.394. The van der Waals surface area contributed by atoms with Crippen molar-refractivity contribution in [3.63, 3.8) is 0 Å². The van der Waals surface area contributed by atoms with Crippen LogP contribution in [0, 0.1) is 27.4 Å². The third-order valence-corrected chi connectivity index (χ3v) is 3.85. The van der Waals surface area contributed by atoms with Gasteiger partial charge in [0.1, 0.15) is 6.07 Å². The number of nitro benzene ring substituents is 1. The Kier molecular flexibility index (Phi) is 4.20. The first kappa shape index (κ1) is 14.3. The van der Waals surface area contributed by atoms with E-state index in [1.54, 1.807) is 6.07 Å². The topological polar surface area (TPSA) is 96.2 Å². The lowest BCUT2D eigenvalue weighted by molar-refractivity contribution is -0.384. The third kappa shape index (κ3) is 2.89. The quantitative estimate of drug-likeness (QED) is 0.672. The van der Waals surface area contributed by atoms with Gasteiger partial charge in [0.15, 0.2) is 0 Å². The summed E-state index contributed by atoms with van der Waals surface area (Å²) in [7, 11) is 0. The Bertz CT molecular complexity index is 551. The maximum atomic E-state index is 10.8. The Labute approximate surface area is 117 Å². The van der Waals surface area contributed by atoms with Crippen molar-refractivity contribution in [1.29, 1.82) is 5.26 Å². The molecule has 0 spiro atoms. The zero-order chi connectivity index (χ0) is 14.7. The van der Waals surface area contributed by atoms with E-state index in [0.29, 0.717) is 11.5 Å². The Morgan fingerprint density at radius 2 is 2.35 bits per heavy atom. The fourth-order valence-electron chi connectivity index (χ4n) is 2.66. The number of benzene rings is 1. The van der Waals surface area contributed by atoms with Gasteiger partial charge in [-0.15, -0.1) is 0 Å². The van der Waals surface area contributed by atoms with Crippen LogP contribution >= 0.6 is 0 Å². The molecule has 2 rings (SSSR count). The molecule has 1 aliphatic heterocycles. The van der Waals surface area contributed by atoms with Crippen molar-refractivity contribution in [1.82, 2.24) is 0 Å². The number of rotatable bonds is 3. The first-order valence-electron chi connectivity index (χ1n) is 6.72. The highest BCUT2D eigenvalue weighted by atomic mass is 16.6. The van der Waals surface area contributed by atoms with E-state index in [-0.39, 0.29) is 11.7 Å². The van der Waals surface area contributed by atoms with E-state index >= 15 is 0 Å². The molecule has 6 nitrogen and oxygen atoms in total. The monoisotopic (exact) mass is 274 g/mol. The molecule has 2 atom stereocenters. The summed E-state index contributed by atoms with van der Waals surface area (Å²) in [5.41, 5.74) is 7.03. The predicted octanol–water partition coefficient (Wildman–Crippen LogP) is 2.03. The number of hydrogen-bond donors (Lipinski definition) is 1. The number of non-ortho nitro benzene ring substituents is 1. The van der Waals surface area contributed by atoms with Crippen LogP contribution in [-0.2, 0) is 0 Å². The number of hydrogen-bond acceptors (Lipinski definition) is 5. The van der Waals surface area contributed by atoms with E-state index in [2.05, 4.69) is 11.0 Å². The van der Waals surface area contributed by atoms with Crippen molar-refractivity contribution in [2.24, 2.45) is 11.7 Å². The molecular weight excluding hydrogens is 256 g/mol. The normalized spacial score (nSPS) is 20.2. The number of nitrogens with two attached hydrogens (primary N) is 1. The molecule has 0 aromatic heterocycles. The number of nitrogens with zero attached hydrogens (tertiary/aromatic N) is 3. The lowest BCUT2D eigenvalue weighted by Crippen LogP contribution is -2.42. The average Bonchev–Trinajstić information content (AvgIpc) is 2.46. The molecule has 1 heterocycles. The standard InChI is InChI=1S/C14H18N4O2/c1-10(16)11-3-2-6-17(9-11)14-5-4-13(18(19)20)7-12(14)8-15/h4-5,7,10-11H,2-3,6,9,16H2,1H3. The molecule has 0 bridgehead atoms. The summed E-state index contributed by atoms with van der Waals surface area (Å²) >= 11 is 0. The van der Waals surface area contributed by atoms with Gasteiger partial charge >= 0.3 is 0 Å². The molecule has 1 fully saturated rings. The molecule has 6 heteroatoms. The summed E-state index contributed by atoms with van der Waals surface area (Å²) in [5, 5.41) is 20.0. The Hall–Kier alpha value is -2.13. The van der Waals surface area contributed by atoms with Gasteiger partial charge in [-0.25, -0.2) is 0 Å². The van der Waals surface area contributed by atoms with Crippen LogP contribution in [0.5, 0.6) is 0 Å². The average molecular weight is 274 g/mol. The molecule has 0 amide bonds. The van der Waals surface area contributed by atoms with Crippen LogP contribution in [0.25, 0.3) is 0 Å². The third-order valence-electron chi connectivity index (χ3n) is 3.85. The SMILES string of the molecule is CC(N)C1CCCN(c2ccc([N+](=O)[O-])cc2C#N)C1. The second-order valence-electron chi connectivity index (χ2n) is 5.28. The maximum Gasteiger partial charge on any atom is 0.270 e. The lowest BCUT2D eigenvalue weighted by Gasteiger charge is -2.36. The minimum atomic E-state index is -0.481. The largest absolute Gasteiger partial charge is 0.370 e. The van der Waals surface area contributed by atoms with E-state index in [0.717, 1.165) is 31.6 Å². The Balaban J connectivity index is 2.28. The van der Waals surface area contributed by atoms with E-state index in [1.807, 2.05) is 6.92 Å². The second-order valence-corrected chi connectivity index (χ2v) is 5.28. The molecular formula is C14H18N4O2. The minimum absolute atomic E-state index is 0.0500. The number of nitriles is 1. The van der Waals surface area contributed by atoms with Crippen molar-refractivity contribution >= 4 is 11.4 Å². The highest BCUT2D eigenvalue weighted by Crippen LogP contribution is 2.29. The Morgan fingerprint density at radius 3 is 2.95 bits per heavy atom. The molecule has 0 aliphatic carbocycles. The van der Waals surface area contributed by atoms with E-state index < -0.39 is 4.92 Å². The van der Waals surface area contributed by atoms with Crippen LogP contribution in [0.4, 0.5) is 11.4 Å². The maximum absolute atomic E-state index is 10.8. The van der Waals surface area contributed by atoms with Gasteiger partial charge in [-0.1, -0.05) is 0 Å². The highest BCUT2D eigenvalue weighted by Gasteiger charge is 2.25. The molecule has 0 saturated carbocycles. The van der Waals surface area contributed by atoms with Gasteiger partial charge in [0.25, 0.3) is 5.69 Å². The molecule has 106 valence electrons. The van der Waals surface area contributed by atoms with Crippen molar-refractivity contribution in [2.75, 3.05) is 18.0 Å². The van der Waals surface area contributed by atoms with Crippen molar-refractivity contribution in [3.05, 3.63) is 33.9 Å². The second kappa shape index (κ2) is 5.88. The van der Waals surface area contributed by atoms with Crippen LogP contribution in [0.15, 0.2) is 18.2 Å². The van der Waals surface area contributed by atoms with Crippen LogP contribution in [0.1, 0.15) is 25.3 Å². The fraction of sp³-hybridized carbons (Fsp3) is 0.500. The van der Waals surface area contributed by atoms with Gasteiger partial charge < -0.3 is 10.6 Å². The van der Waals surface area contributed by atoms with E-state index in [9.17, 15) is 15.4 Å². The molecule has 1 aliphatic rings. The zero-order valence-electron chi connectivity index (χ0n) is 11.5. The van der Waals surface area contributed by atoms with Gasteiger partial charge in [-0.05, 0) is 31.7 Å². The summed E-state index contributed by atoms with van der Waals surface area (Å²) in [6, 6.07) is 6.62. The molecule has 0 radical (unpaired) electrons. The molecule has 2 unspecified atom stereocenters. The summed E-state index contributed by atoms with van der Waals surface area (Å²) < 4.78 is 0. The molecule has 1 aromatic rings. The minimum Gasteiger partial charge on any atom is -0.370 e. The first-order chi connectivity index (χ1) is 9.52. The highest BCUT2D eigenvalue weighted by molar-refractivity contribution is 5.63. The van der Waals surface area contributed by atoms with E-state index in [1.165, 1.54) is 12.1 Å². The summed E-state index contributed by atoms with van der Waals surface area (Å²) in [6.07, 6.45) is 2.11. The van der Waals surface area contributed by atoms with Crippen LogP contribution < -0.4 is 10.6 Å². The van der Waals surface area contributed by atoms with E-state index in [4.69, 9.17) is 5.73 Å². The van der Waals surface area contributed by atoms with Gasteiger partial charge in [0.05, 0.1) is 16.2 Å². The predicted molar refractivity (Wildman–Crippen MR) is 76.4 cm³/mol. The van der Waals surface area contributed by atoms with Crippen molar-refractivity contribution in [3.8, 4) is 6.07 Å². The summed E-state index contributed by atoms with van der Waals surface area (Å²) in [4.78, 5) is 12.4. The first-order valence-corrected chi connectivity index (χ1v) is 6.72. The van der Waals surface area contributed by atoms with Crippen molar-refractivity contribution in [2.45, 2.75) is 25.8 Å². The van der Waals surface area contributed by atoms with Crippen molar-refractivity contribution < 1.29 is 4.92 Å². The van der Waals surface area contributed by atoms with Crippen LogP contribution in [-0.4, -0.2) is 24.1 Å². The zero-order valence-corrected chi connectivity index (χ0v) is 11.5. The van der Waals surface area contributed by atoms with Crippen LogP contribution in [0.2, 0.25) is 0 Å². The molecule has 1 aromatic carbocycles. The number of anilines is 1. The fourth-order valence-corrected chi connectivity index (χ4v) is 2.66. The number of nitro groups is 1. The number of piperidine rings is 1. The molecule has 2 N–H and O–H groups in total. The lowest BCUT2D eigenvalue weighted by atomic mass is 9.91. The molecule has 1 saturated heterocycles. The van der Waals surface area contributed by atoms with Gasteiger partial charge in [-0.2, -0.15) is 5.26 Å². The van der Waals surface area contributed by atoms with Gasteiger partial charge in [-0.3, -0.25) is 10.1 Å². The van der Waals surface area contributed by atoms with Gasteiger partial charge in [0.2, 0.25) is 0 Å². The summed E-state index contributed by atoms with van der Waals surface area (Å²) in [6.45, 7) is 3.65. The van der Waals surface area contributed by atoms with Crippen LogP contribution in [0.3, 0.4) is 0 Å². The smallest absolute Gasteiger partial charge is 0.270 e. The Morgan fingerprint density at radius 1 is 1.60 bits per heavy atom.